The average Bonchev–Trinajstić information content (AvgIpc) is 3.20. The number of carbonyl (C=O) groups is 1. The maximum atomic E-state index is 12.8. The lowest BCUT2D eigenvalue weighted by Crippen LogP contribution is -2.49. The van der Waals surface area contributed by atoms with Crippen molar-refractivity contribution in [1.29, 1.82) is 0 Å². The first kappa shape index (κ1) is 15.3. The third-order valence-corrected chi connectivity index (χ3v) is 5.66. The van der Waals surface area contributed by atoms with E-state index in [1.54, 1.807) is 0 Å². The third kappa shape index (κ3) is 3.59. The molecular weight excluding hydrogens is 264 g/mol. The van der Waals surface area contributed by atoms with Crippen LogP contribution in [-0.4, -0.2) is 58.6 Å². The summed E-state index contributed by atoms with van der Waals surface area (Å²) in [5.41, 5.74) is 0. The van der Waals surface area contributed by atoms with Crippen LogP contribution in [-0.2, 0) is 4.79 Å². The topological polar surface area (TPSA) is 43.8 Å². The van der Waals surface area contributed by atoms with Crippen molar-refractivity contribution in [2.45, 2.75) is 76.4 Å². The van der Waals surface area contributed by atoms with Gasteiger partial charge in [0.15, 0.2) is 0 Å². The van der Waals surface area contributed by atoms with Gasteiger partial charge in [-0.3, -0.25) is 9.69 Å². The molecule has 0 aromatic rings. The van der Waals surface area contributed by atoms with Gasteiger partial charge in [0, 0.05) is 18.1 Å². The number of nitrogens with zero attached hydrogens (tertiary/aromatic N) is 2. The van der Waals surface area contributed by atoms with Crippen molar-refractivity contribution < 1.29 is 9.90 Å². The second-order valence-corrected chi connectivity index (χ2v) is 7.39. The summed E-state index contributed by atoms with van der Waals surface area (Å²) in [6, 6.07) is 1.21. The summed E-state index contributed by atoms with van der Waals surface area (Å²) in [5, 5.41) is 9.42. The monoisotopic (exact) mass is 294 g/mol. The zero-order valence-electron chi connectivity index (χ0n) is 13.3. The minimum absolute atomic E-state index is 0.192. The predicted molar refractivity (Wildman–Crippen MR) is 83.0 cm³/mol. The van der Waals surface area contributed by atoms with Crippen LogP contribution in [0.4, 0.5) is 0 Å². The molecule has 3 aliphatic rings. The first-order valence-electron chi connectivity index (χ1n) is 8.85. The zero-order chi connectivity index (χ0) is 14.8. The van der Waals surface area contributed by atoms with Crippen molar-refractivity contribution in [1.82, 2.24) is 9.80 Å². The van der Waals surface area contributed by atoms with E-state index in [1.807, 2.05) is 0 Å². The molecule has 2 aliphatic carbocycles. The Kier molecular flexibility index (Phi) is 4.85. The number of carbonyl (C=O) groups excluding carboxylic acids is 1. The second-order valence-electron chi connectivity index (χ2n) is 7.39. The molecule has 0 bridgehead atoms. The lowest BCUT2D eigenvalue weighted by atomic mass is 9.86. The van der Waals surface area contributed by atoms with Gasteiger partial charge in [0.2, 0.25) is 5.91 Å². The molecule has 0 unspecified atom stereocenters. The normalized spacial score (nSPS) is 34.1. The molecule has 0 aromatic carbocycles. The first-order chi connectivity index (χ1) is 10.2. The van der Waals surface area contributed by atoms with Crippen molar-refractivity contribution in [2.75, 3.05) is 19.7 Å². The van der Waals surface area contributed by atoms with Gasteiger partial charge in [0.1, 0.15) is 0 Å². The van der Waals surface area contributed by atoms with Crippen LogP contribution in [0.5, 0.6) is 0 Å². The number of amides is 1. The van der Waals surface area contributed by atoms with E-state index in [-0.39, 0.29) is 12.6 Å². The van der Waals surface area contributed by atoms with Crippen LogP contribution in [0, 0.1) is 5.92 Å². The summed E-state index contributed by atoms with van der Waals surface area (Å²) in [5.74, 6) is 1.15. The molecule has 1 aliphatic heterocycles. The van der Waals surface area contributed by atoms with Gasteiger partial charge in [0.25, 0.3) is 0 Å². The molecule has 2 saturated carbocycles. The van der Waals surface area contributed by atoms with Crippen molar-refractivity contribution >= 4 is 5.91 Å². The number of likely N-dealkylation sites (tertiary alicyclic amines) is 1. The fourth-order valence-electron chi connectivity index (χ4n) is 4.14. The van der Waals surface area contributed by atoms with Crippen LogP contribution in [0.15, 0.2) is 0 Å². The molecule has 1 amide bonds. The van der Waals surface area contributed by atoms with Crippen molar-refractivity contribution in [2.24, 2.45) is 5.92 Å². The van der Waals surface area contributed by atoms with Crippen LogP contribution >= 0.6 is 0 Å². The van der Waals surface area contributed by atoms with Gasteiger partial charge in [-0.2, -0.15) is 0 Å². The van der Waals surface area contributed by atoms with Crippen LogP contribution in [0.25, 0.3) is 0 Å². The summed E-state index contributed by atoms with van der Waals surface area (Å²) in [7, 11) is 0. The first-order valence-corrected chi connectivity index (χ1v) is 8.85. The van der Waals surface area contributed by atoms with Gasteiger partial charge >= 0.3 is 0 Å². The SMILES string of the molecule is CC1CCC(N(C(=O)CN2CCC[C@@H]2CO)C2CC2)CC1. The maximum Gasteiger partial charge on any atom is 0.237 e. The molecule has 4 nitrogen and oxygen atoms in total. The van der Waals surface area contributed by atoms with Gasteiger partial charge < -0.3 is 10.0 Å². The highest BCUT2D eigenvalue weighted by atomic mass is 16.3. The van der Waals surface area contributed by atoms with E-state index in [0.717, 1.165) is 25.3 Å². The quantitative estimate of drug-likeness (QED) is 0.843. The standard InChI is InChI=1S/C17H30N2O2/c1-13-4-6-14(7-5-13)19(15-8-9-15)17(21)11-18-10-2-3-16(18)12-20/h13-16,20H,2-12H2,1H3/t13?,14?,16-/m1/s1. The van der Waals surface area contributed by atoms with E-state index in [2.05, 4.69) is 16.7 Å². The van der Waals surface area contributed by atoms with Crippen molar-refractivity contribution in [3.63, 3.8) is 0 Å². The Bertz CT molecular complexity index is 362. The minimum Gasteiger partial charge on any atom is -0.395 e. The summed E-state index contributed by atoms with van der Waals surface area (Å²) < 4.78 is 0. The summed E-state index contributed by atoms with van der Waals surface area (Å²) in [6.07, 6.45) is 9.45. The molecule has 120 valence electrons. The van der Waals surface area contributed by atoms with E-state index in [4.69, 9.17) is 0 Å². The average molecular weight is 294 g/mol. The fourth-order valence-corrected chi connectivity index (χ4v) is 4.14. The Morgan fingerprint density at radius 2 is 1.71 bits per heavy atom. The van der Waals surface area contributed by atoms with E-state index in [1.165, 1.54) is 38.5 Å². The number of hydrogen-bond acceptors (Lipinski definition) is 3. The lowest BCUT2D eigenvalue weighted by Gasteiger charge is -2.37. The molecule has 0 radical (unpaired) electrons. The Hall–Kier alpha value is -0.610. The highest BCUT2D eigenvalue weighted by molar-refractivity contribution is 5.79. The van der Waals surface area contributed by atoms with E-state index >= 15 is 0 Å². The maximum absolute atomic E-state index is 12.8. The predicted octanol–water partition coefficient (Wildman–Crippen LogP) is 2.01. The Morgan fingerprint density at radius 3 is 2.29 bits per heavy atom. The third-order valence-electron chi connectivity index (χ3n) is 5.66. The highest BCUT2D eigenvalue weighted by Gasteiger charge is 2.39. The molecule has 0 aromatic heterocycles. The van der Waals surface area contributed by atoms with E-state index in [0.29, 0.717) is 24.5 Å². The number of aliphatic hydroxyl groups is 1. The van der Waals surface area contributed by atoms with Gasteiger partial charge in [-0.1, -0.05) is 6.92 Å². The summed E-state index contributed by atoms with van der Waals surface area (Å²) in [4.78, 5) is 17.3. The molecule has 1 atom stereocenters. The molecule has 0 spiro atoms. The Morgan fingerprint density at radius 1 is 1.10 bits per heavy atom. The summed E-state index contributed by atoms with van der Waals surface area (Å²) >= 11 is 0. The zero-order valence-corrected chi connectivity index (χ0v) is 13.3. The van der Waals surface area contributed by atoms with E-state index in [9.17, 15) is 9.90 Å². The van der Waals surface area contributed by atoms with Crippen LogP contribution < -0.4 is 0 Å². The minimum atomic E-state index is 0.192. The fraction of sp³-hybridized carbons (Fsp3) is 0.941. The lowest BCUT2D eigenvalue weighted by molar-refractivity contribution is -0.136. The van der Waals surface area contributed by atoms with Crippen LogP contribution in [0.1, 0.15) is 58.3 Å². The van der Waals surface area contributed by atoms with Gasteiger partial charge in [-0.25, -0.2) is 0 Å². The van der Waals surface area contributed by atoms with Gasteiger partial charge in [0.05, 0.1) is 13.2 Å². The molecule has 21 heavy (non-hydrogen) atoms. The van der Waals surface area contributed by atoms with Crippen LogP contribution in [0.3, 0.4) is 0 Å². The van der Waals surface area contributed by atoms with Crippen molar-refractivity contribution in [3.8, 4) is 0 Å². The highest BCUT2D eigenvalue weighted by Crippen LogP contribution is 2.35. The second kappa shape index (κ2) is 6.66. The Labute approximate surface area is 128 Å². The smallest absolute Gasteiger partial charge is 0.237 e. The molecular formula is C17H30N2O2. The molecule has 1 heterocycles. The molecule has 3 fully saturated rings. The molecule has 1 N–H and O–H groups in total. The summed E-state index contributed by atoms with van der Waals surface area (Å²) in [6.45, 7) is 4.01. The van der Waals surface area contributed by atoms with Gasteiger partial charge in [-0.15, -0.1) is 0 Å². The number of aliphatic hydroxyl groups excluding tert-OH is 1. The Balaban J connectivity index is 1.59. The molecule has 4 heteroatoms. The number of rotatable bonds is 5. The largest absolute Gasteiger partial charge is 0.395 e. The van der Waals surface area contributed by atoms with Crippen LogP contribution in [0.2, 0.25) is 0 Å². The number of hydrogen-bond donors (Lipinski definition) is 1. The van der Waals surface area contributed by atoms with E-state index < -0.39 is 0 Å². The molecule has 1 saturated heterocycles. The molecule has 3 rings (SSSR count). The van der Waals surface area contributed by atoms with Gasteiger partial charge in [-0.05, 0) is 63.8 Å². The van der Waals surface area contributed by atoms with Crippen molar-refractivity contribution in [3.05, 3.63) is 0 Å².